The fourth-order valence-corrected chi connectivity index (χ4v) is 3.05. The standard InChI is InChI=1S/C20H26N4S/c1-6-17(23-4)12-15-7-8-16(11-13(15)2)19-10-9-18(24(19)5)14(3)20(21)25-22/h6-12,23H,2,21-22H2,1,3-5H3/b15-12-,17-6+,20-14+. The number of hydrogen-bond acceptors (Lipinski definition) is 4. The number of rotatable bonds is 5. The summed E-state index contributed by atoms with van der Waals surface area (Å²) in [5, 5.41) is 11.4. The van der Waals surface area contributed by atoms with Gasteiger partial charge in [-0.1, -0.05) is 24.8 Å². The predicted octanol–water partition coefficient (Wildman–Crippen LogP) is 2.26. The van der Waals surface area contributed by atoms with Crippen molar-refractivity contribution in [2.24, 2.45) is 17.9 Å². The number of aromatic nitrogens is 1. The van der Waals surface area contributed by atoms with E-state index in [0.717, 1.165) is 50.6 Å². The van der Waals surface area contributed by atoms with Gasteiger partial charge in [-0.15, -0.1) is 0 Å². The van der Waals surface area contributed by atoms with Crippen LogP contribution in [0.4, 0.5) is 0 Å². The first kappa shape index (κ1) is 19.0. The van der Waals surface area contributed by atoms with Crippen LogP contribution in [0.15, 0.2) is 47.1 Å². The summed E-state index contributed by atoms with van der Waals surface area (Å²) in [7, 11) is 3.94. The molecule has 0 unspecified atom stereocenters. The van der Waals surface area contributed by atoms with E-state index in [1.165, 1.54) is 0 Å². The Bertz CT molecular complexity index is 935. The van der Waals surface area contributed by atoms with Crippen molar-refractivity contribution >= 4 is 30.2 Å². The Morgan fingerprint density at radius 3 is 2.56 bits per heavy atom. The van der Waals surface area contributed by atoms with Crippen LogP contribution in [0.25, 0.3) is 29.5 Å². The third kappa shape index (κ3) is 4.00. The van der Waals surface area contributed by atoms with Crippen LogP contribution in [-0.4, -0.2) is 11.6 Å². The van der Waals surface area contributed by atoms with Crippen molar-refractivity contribution in [1.82, 2.24) is 9.88 Å². The van der Waals surface area contributed by atoms with E-state index >= 15 is 0 Å². The van der Waals surface area contributed by atoms with E-state index in [-0.39, 0.29) is 0 Å². The molecule has 0 bridgehead atoms. The molecule has 132 valence electrons. The van der Waals surface area contributed by atoms with E-state index in [1.807, 2.05) is 34.0 Å². The Kier molecular flexibility index (Phi) is 6.17. The summed E-state index contributed by atoms with van der Waals surface area (Å²) in [4.78, 5) is 0. The molecular formula is C20H26N4S. The second-order valence-corrected chi connectivity index (χ2v) is 6.50. The van der Waals surface area contributed by atoms with Crippen molar-refractivity contribution in [3.8, 4) is 11.3 Å². The molecule has 0 radical (unpaired) electrons. The molecule has 4 nitrogen and oxygen atoms in total. The fraction of sp³-hybridized carbons (Fsp3) is 0.200. The number of nitrogens with zero attached hydrogens (tertiary/aromatic N) is 1. The van der Waals surface area contributed by atoms with Crippen molar-refractivity contribution in [2.45, 2.75) is 13.8 Å². The number of hydrogen-bond donors (Lipinski definition) is 3. The highest BCUT2D eigenvalue weighted by molar-refractivity contribution is 8.01. The van der Waals surface area contributed by atoms with Gasteiger partial charge in [-0.3, -0.25) is 5.14 Å². The second kappa shape index (κ2) is 8.14. The summed E-state index contributed by atoms with van der Waals surface area (Å²) in [6.45, 7) is 8.18. The molecule has 0 aliphatic heterocycles. The quantitative estimate of drug-likeness (QED) is 0.721. The molecule has 0 saturated carbocycles. The Morgan fingerprint density at radius 1 is 1.28 bits per heavy atom. The zero-order valence-corrected chi connectivity index (χ0v) is 16.1. The highest BCUT2D eigenvalue weighted by atomic mass is 32.2. The molecule has 0 atom stereocenters. The first-order chi connectivity index (χ1) is 11.9. The molecule has 0 fully saturated rings. The lowest BCUT2D eigenvalue weighted by Crippen LogP contribution is -2.24. The number of nitrogens with two attached hydrogens (primary N) is 2. The van der Waals surface area contributed by atoms with E-state index in [9.17, 15) is 0 Å². The SMILES string of the molecule is C=c1cc(-c2ccc(/C(C)=C(\N)SN)n2C)cc/c1=C/C(=C\C)NC. The van der Waals surface area contributed by atoms with Crippen LogP contribution in [0.3, 0.4) is 0 Å². The minimum Gasteiger partial charge on any atom is -0.392 e. The third-order valence-electron chi connectivity index (χ3n) is 4.35. The first-order valence-electron chi connectivity index (χ1n) is 8.07. The van der Waals surface area contributed by atoms with Crippen molar-refractivity contribution in [3.05, 3.63) is 63.3 Å². The average Bonchev–Trinajstić information content (AvgIpc) is 3.00. The monoisotopic (exact) mass is 354 g/mol. The van der Waals surface area contributed by atoms with E-state index < -0.39 is 0 Å². The molecule has 0 spiro atoms. The smallest absolute Gasteiger partial charge is 0.0856 e. The molecule has 2 rings (SSSR count). The van der Waals surface area contributed by atoms with Crippen LogP contribution >= 0.6 is 11.9 Å². The maximum Gasteiger partial charge on any atom is 0.0856 e. The Hall–Kier alpha value is -2.37. The maximum absolute atomic E-state index is 5.96. The number of nitrogens with one attached hydrogen (secondary N) is 1. The van der Waals surface area contributed by atoms with Crippen molar-refractivity contribution in [3.63, 3.8) is 0 Å². The molecule has 1 heterocycles. The minimum atomic E-state index is 0.626. The van der Waals surface area contributed by atoms with Crippen LogP contribution in [-0.2, 0) is 7.05 Å². The Morgan fingerprint density at radius 2 is 2.00 bits per heavy atom. The molecule has 0 aliphatic carbocycles. The third-order valence-corrected chi connectivity index (χ3v) is 4.91. The fourth-order valence-electron chi connectivity index (χ4n) is 2.77. The molecule has 25 heavy (non-hydrogen) atoms. The lowest BCUT2D eigenvalue weighted by Gasteiger charge is -2.10. The van der Waals surface area contributed by atoms with Crippen molar-refractivity contribution in [2.75, 3.05) is 7.05 Å². The van der Waals surface area contributed by atoms with Gasteiger partial charge in [-0.05, 0) is 66.1 Å². The summed E-state index contributed by atoms with van der Waals surface area (Å²) >= 11 is 1.07. The van der Waals surface area contributed by atoms with Crippen molar-refractivity contribution < 1.29 is 0 Å². The Balaban J connectivity index is 2.50. The van der Waals surface area contributed by atoms with Gasteiger partial charge in [0.15, 0.2) is 0 Å². The zero-order chi connectivity index (χ0) is 18.6. The summed E-state index contributed by atoms with van der Waals surface area (Å²) in [5.41, 5.74) is 11.3. The molecule has 0 amide bonds. The van der Waals surface area contributed by atoms with Crippen LogP contribution < -0.4 is 26.6 Å². The molecule has 5 heteroatoms. The summed E-state index contributed by atoms with van der Waals surface area (Å²) in [6.07, 6.45) is 4.13. The normalized spacial score (nSPS) is 13.8. The molecule has 1 aromatic heterocycles. The highest BCUT2D eigenvalue weighted by Gasteiger charge is 2.10. The van der Waals surface area contributed by atoms with Crippen LogP contribution in [0.1, 0.15) is 19.5 Å². The molecule has 1 aromatic carbocycles. The van der Waals surface area contributed by atoms with Crippen LogP contribution in [0.5, 0.6) is 0 Å². The van der Waals surface area contributed by atoms with Crippen molar-refractivity contribution in [1.29, 1.82) is 0 Å². The minimum absolute atomic E-state index is 0.626. The molecular weight excluding hydrogens is 328 g/mol. The zero-order valence-electron chi connectivity index (χ0n) is 15.3. The van der Waals surface area contributed by atoms with E-state index in [2.05, 4.69) is 52.9 Å². The Labute approximate surface area is 153 Å². The van der Waals surface area contributed by atoms with Gasteiger partial charge in [0.05, 0.1) is 5.03 Å². The van der Waals surface area contributed by atoms with Gasteiger partial charge in [0, 0.05) is 36.8 Å². The largest absolute Gasteiger partial charge is 0.392 e. The van der Waals surface area contributed by atoms with Gasteiger partial charge < -0.3 is 15.6 Å². The van der Waals surface area contributed by atoms with Gasteiger partial charge in [0.2, 0.25) is 0 Å². The second-order valence-electron chi connectivity index (χ2n) is 5.82. The van der Waals surface area contributed by atoms with E-state index in [4.69, 9.17) is 10.9 Å². The van der Waals surface area contributed by atoms with Gasteiger partial charge in [-0.2, -0.15) is 0 Å². The maximum atomic E-state index is 5.96. The van der Waals surface area contributed by atoms with Gasteiger partial charge in [0.1, 0.15) is 0 Å². The summed E-state index contributed by atoms with van der Waals surface area (Å²) in [6, 6.07) is 10.5. The summed E-state index contributed by atoms with van der Waals surface area (Å²) in [5.74, 6) is 0. The summed E-state index contributed by atoms with van der Waals surface area (Å²) < 4.78 is 2.13. The molecule has 0 saturated heterocycles. The van der Waals surface area contributed by atoms with Gasteiger partial charge in [0.25, 0.3) is 0 Å². The predicted molar refractivity (Wildman–Crippen MR) is 111 cm³/mol. The van der Waals surface area contributed by atoms with E-state index in [1.54, 1.807) is 0 Å². The van der Waals surface area contributed by atoms with Gasteiger partial charge >= 0.3 is 0 Å². The topological polar surface area (TPSA) is 69.0 Å². The lowest BCUT2D eigenvalue weighted by molar-refractivity contribution is 0.915. The van der Waals surface area contributed by atoms with Gasteiger partial charge in [-0.25, -0.2) is 0 Å². The molecule has 0 aliphatic rings. The highest BCUT2D eigenvalue weighted by Crippen LogP contribution is 2.26. The number of allylic oxidation sites excluding steroid dienone is 3. The van der Waals surface area contributed by atoms with E-state index in [0.29, 0.717) is 5.03 Å². The molecule has 5 N–H and O–H groups in total. The lowest BCUT2D eigenvalue weighted by atomic mass is 10.1. The average molecular weight is 355 g/mol. The van der Waals surface area contributed by atoms with Crippen LogP contribution in [0, 0.1) is 0 Å². The molecule has 2 aromatic rings. The number of benzene rings is 1. The van der Waals surface area contributed by atoms with Crippen LogP contribution in [0.2, 0.25) is 0 Å². The first-order valence-corrected chi connectivity index (χ1v) is 8.95.